The summed E-state index contributed by atoms with van der Waals surface area (Å²) >= 11 is 0. The summed E-state index contributed by atoms with van der Waals surface area (Å²) in [6, 6.07) is 5.64. The Morgan fingerprint density at radius 1 is 1.05 bits per heavy atom. The summed E-state index contributed by atoms with van der Waals surface area (Å²) in [4.78, 5) is 42.4. The van der Waals surface area contributed by atoms with Gasteiger partial charge in [0.2, 0.25) is 5.91 Å². The van der Waals surface area contributed by atoms with E-state index in [1.807, 2.05) is 34.9 Å². The zero-order valence-corrected chi connectivity index (χ0v) is 24.4. The van der Waals surface area contributed by atoms with Crippen LogP contribution in [0, 0.1) is 18.8 Å². The third-order valence-corrected chi connectivity index (χ3v) is 8.92. The monoisotopic (exact) mass is 592 g/mol. The average molecular weight is 593 g/mol. The van der Waals surface area contributed by atoms with E-state index in [1.165, 1.54) is 18.7 Å². The van der Waals surface area contributed by atoms with Gasteiger partial charge in [0.05, 0.1) is 24.1 Å². The maximum Gasteiger partial charge on any atom is 0.433 e. The number of benzene rings is 1. The Hall–Kier alpha value is -4.02. The first-order chi connectivity index (χ1) is 20.6. The lowest BCUT2D eigenvalue weighted by Gasteiger charge is -2.35. The molecule has 8 nitrogen and oxygen atoms in total. The normalized spacial score (nSPS) is 21.0. The molecule has 4 heterocycles. The van der Waals surface area contributed by atoms with E-state index in [2.05, 4.69) is 21.9 Å². The minimum atomic E-state index is -4.54. The molecule has 1 saturated carbocycles. The second-order valence-corrected chi connectivity index (χ2v) is 12.0. The van der Waals surface area contributed by atoms with Crippen LogP contribution in [0.3, 0.4) is 0 Å². The largest absolute Gasteiger partial charge is 0.433 e. The number of amides is 2. The highest BCUT2D eigenvalue weighted by atomic mass is 19.4. The number of hydrogen-bond acceptors (Lipinski definition) is 5. The van der Waals surface area contributed by atoms with Gasteiger partial charge in [-0.05, 0) is 48.8 Å². The molecular weight excluding hydrogens is 557 g/mol. The Bertz CT molecular complexity index is 1620. The fourth-order valence-corrected chi connectivity index (χ4v) is 6.66. The number of rotatable bonds is 6. The lowest BCUT2D eigenvalue weighted by atomic mass is 10.0. The van der Waals surface area contributed by atoms with Crippen molar-refractivity contribution >= 4 is 28.7 Å². The molecule has 1 aromatic carbocycles. The van der Waals surface area contributed by atoms with Gasteiger partial charge in [-0.25, -0.2) is 4.98 Å². The molecule has 1 saturated heterocycles. The highest BCUT2D eigenvalue weighted by Gasteiger charge is 2.40. The van der Waals surface area contributed by atoms with E-state index >= 15 is 0 Å². The minimum Gasteiger partial charge on any atom is -0.339 e. The first kappa shape index (κ1) is 29.1. The molecule has 2 fully saturated rings. The van der Waals surface area contributed by atoms with E-state index in [1.54, 1.807) is 16.8 Å². The van der Waals surface area contributed by atoms with Crippen LogP contribution < -0.4 is 0 Å². The van der Waals surface area contributed by atoms with Crippen LogP contribution in [0.4, 0.5) is 13.2 Å². The van der Waals surface area contributed by atoms with Crippen LogP contribution in [0.1, 0.15) is 65.5 Å². The standard InChI is InChI=1S/C32H35F3N6O2/c1-20-3-4-22(15-20)18-28(42)39-11-13-40(14-12-39)31(43)24-6-5-23(16-21(24)2)17-26-30-38-19-27(41(30)10-9-36-26)25-7-8-37-29(25)32(33,34)35/h5-7,9-10,16,19-20,22H,3-4,8,11-15,17-18H2,1-2H3/t20-,22-/m0/s1. The number of alkyl halides is 3. The molecule has 3 aliphatic rings. The number of allylic oxidation sites excluding steroid dienone is 1. The second kappa shape index (κ2) is 11.6. The Morgan fingerprint density at radius 3 is 2.51 bits per heavy atom. The van der Waals surface area contributed by atoms with E-state index in [9.17, 15) is 22.8 Å². The van der Waals surface area contributed by atoms with Crippen molar-refractivity contribution in [1.29, 1.82) is 0 Å². The smallest absolute Gasteiger partial charge is 0.339 e. The average Bonchev–Trinajstić information content (AvgIpc) is 3.73. The third-order valence-electron chi connectivity index (χ3n) is 8.92. The first-order valence-electron chi connectivity index (χ1n) is 14.9. The number of aliphatic imine (C=N–C) groups is 1. The van der Waals surface area contributed by atoms with E-state index in [4.69, 9.17) is 0 Å². The fraction of sp³-hybridized carbons (Fsp3) is 0.469. The van der Waals surface area contributed by atoms with Gasteiger partial charge in [-0.3, -0.25) is 24.0 Å². The molecule has 226 valence electrons. The maximum absolute atomic E-state index is 13.5. The van der Waals surface area contributed by atoms with Gasteiger partial charge in [0.15, 0.2) is 5.65 Å². The SMILES string of the molecule is Cc1cc(Cc2nccn3c(C4=CCN=C4C(F)(F)F)cnc23)ccc1C(=O)N1CCN(C(=O)C[C@H]2CC[C@H](C)C2)CC1. The zero-order chi connectivity index (χ0) is 30.3. The summed E-state index contributed by atoms with van der Waals surface area (Å²) in [5, 5.41) is 0. The number of hydrogen-bond donors (Lipinski definition) is 0. The Labute approximate surface area is 248 Å². The van der Waals surface area contributed by atoms with E-state index in [0.717, 1.165) is 24.0 Å². The van der Waals surface area contributed by atoms with Crippen LogP contribution in [0.5, 0.6) is 0 Å². The second-order valence-electron chi connectivity index (χ2n) is 12.0. The summed E-state index contributed by atoms with van der Waals surface area (Å²) < 4.78 is 42.1. The molecule has 2 amide bonds. The number of nitrogens with zero attached hydrogens (tertiary/aromatic N) is 6. The van der Waals surface area contributed by atoms with E-state index in [0.29, 0.717) is 73.5 Å². The van der Waals surface area contributed by atoms with Gasteiger partial charge in [-0.1, -0.05) is 31.6 Å². The fourth-order valence-electron chi connectivity index (χ4n) is 6.66. The molecule has 0 radical (unpaired) electrons. The van der Waals surface area contributed by atoms with Crippen molar-refractivity contribution in [1.82, 2.24) is 24.2 Å². The van der Waals surface area contributed by atoms with Crippen molar-refractivity contribution in [3.8, 4) is 0 Å². The number of imidazole rings is 1. The Morgan fingerprint density at radius 2 is 1.81 bits per heavy atom. The lowest BCUT2D eigenvalue weighted by Crippen LogP contribution is -2.50. The van der Waals surface area contributed by atoms with Gasteiger partial charge in [0.1, 0.15) is 5.71 Å². The topological polar surface area (TPSA) is 83.2 Å². The van der Waals surface area contributed by atoms with Crippen LogP contribution in [-0.4, -0.2) is 80.6 Å². The van der Waals surface area contributed by atoms with Crippen molar-refractivity contribution in [2.24, 2.45) is 16.8 Å². The quantitative estimate of drug-likeness (QED) is 0.397. The van der Waals surface area contributed by atoms with Crippen molar-refractivity contribution in [2.45, 2.75) is 52.1 Å². The van der Waals surface area contributed by atoms with Crippen LogP contribution >= 0.6 is 0 Å². The van der Waals surface area contributed by atoms with Crippen molar-refractivity contribution in [3.63, 3.8) is 0 Å². The number of fused-ring (bicyclic) bond motifs is 1. The van der Waals surface area contributed by atoms with Crippen LogP contribution in [0.15, 0.2) is 47.9 Å². The van der Waals surface area contributed by atoms with Crippen LogP contribution in [0.25, 0.3) is 11.2 Å². The third kappa shape index (κ3) is 5.94. The molecular formula is C32H35F3N6O2. The van der Waals surface area contributed by atoms with Crippen molar-refractivity contribution in [2.75, 3.05) is 32.7 Å². The van der Waals surface area contributed by atoms with Gasteiger partial charge in [-0.2, -0.15) is 13.2 Å². The molecule has 0 bridgehead atoms. The lowest BCUT2D eigenvalue weighted by molar-refractivity contribution is -0.133. The number of carbonyl (C=O) groups excluding carboxylic acids is 2. The number of aryl methyl sites for hydroxylation is 1. The Balaban J connectivity index is 1.11. The Kier molecular flexibility index (Phi) is 7.83. The van der Waals surface area contributed by atoms with Crippen molar-refractivity contribution < 1.29 is 22.8 Å². The van der Waals surface area contributed by atoms with Gasteiger partial charge in [0, 0.05) is 62.6 Å². The minimum absolute atomic E-state index is 0.0181. The summed E-state index contributed by atoms with van der Waals surface area (Å²) in [7, 11) is 0. The number of piperazine rings is 1. The molecule has 6 rings (SSSR count). The summed E-state index contributed by atoms with van der Waals surface area (Å²) in [5.74, 6) is 1.35. The molecule has 2 atom stereocenters. The molecule has 0 spiro atoms. The summed E-state index contributed by atoms with van der Waals surface area (Å²) in [5.41, 5.74) is 2.88. The maximum atomic E-state index is 13.5. The molecule has 0 unspecified atom stereocenters. The van der Waals surface area contributed by atoms with Crippen LogP contribution in [0.2, 0.25) is 0 Å². The molecule has 1 aliphatic carbocycles. The molecule has 2 aromatic heterocycles. The molecule has 2 aliphatic heterocycles. The summed E-state index contributed by atoms with van der Waals surface area (Å²) in [6.07, 6.45) is 5.97. The van der Waals surface area contributed by atoms with Crippen LogP contribution in [-0.2, 0) is 11.2 Å². The predicted octanol–water partition coefficient (Wildman–Crippen LogP) is 5.14. The van der Waals surface area contributed by atoms with Gasteiger partial charge in [-0.15, -0.1) is 0 Å². The zero-order valence-electron chi connectivity index (χ0n) is 24.4. The van der Waals surface area contributed by atoms with E-state index in [-0.39, 0.29) is 23.9 Å². The van der Waals surface area contributed by atoms with Gasteiger partial charge < -0.3 is 9.80 Å². The number of carbonyl (C=O) groups is 2. The molecule has 0 N–H and O–H groups in total. The molecule has 3 aromatic rings. The number of halogens is 3. The summed E-state index contributed by atoms with van der Waals surface area (Å²) in [6.45, 7) is 6.26. The molecule has 11 heteroatoms. The highest BCUT2D eigenvalue weighted by molar-refractivity contribution is 6.27. The van der Waals surface area contributed by atoms with Crippen molar-refractivity contribution in [3.05, 3.63) is 70.9 Å². The van der Waals surface area contributed by atoms with Gasteiger partial charge in [0.25, 0.3) is 5.91 Å². The first-order valence-corrected chi connectivity index (χ1v) is 14.9. The van der Waals surface area contributed by atoms with Gasteiger partial charge >= 0.3 is 6.18 Å². The number of aromatic nitrogens is 3. The molecule has 43 heavy (non-hydrogen) atoms. The predicted molar refractivity (Wildman–Crippen MR) is 157 cm³/mol. The van der Waals surface area contributed by atoms with E-state index < -0.39 is 11.9 Å². The highest BCUT2D eigenvalue weighted by Crippen LogP contribution is 2.34.